The van der Waals surface area contributed by atoms with E-state index in [0.717, 1.165) is 21.6 Å². The average Bonchev–Trinajstić information content (AvgIpc) is 2.56. The topological polar surface area (TPSA) is 66.5 Å². The summed E-state index contributed by atoms with van der Waals surface area (Å²) in [6.45, 7) is 9.89. The first-order valence-electron chi connectivity index (χ1n) is 8.78. The highest BCUT2D eigenvalue weighted by Gasteiger charge is 2.27. The van der Waals surface area contributed by atoms with Crippen LogP contribution in [0.5, 0.6) is 0 Å². The van der Waals surface area contributed by atoms with Gasteiger partial charge in [-0.2, -0.15) is 0 Å². The van der Waals surface area contributed by atoms with E-state index in [1.165, 1.54) is 6.92 Å². The zero-order valence-electron chi connectivity index (χ0n) is 16.2. The minimum Gasteiger partial charge on any atom is -0.310 e. The predicted molar refractivity (Wildman–Crippen MR) is 111 cm³/mol. The van der Waals surface area contributed by atoms with Crippen LogP contribution in [-0.4, -0.2) is 26.1 Å². The molecule has 0 saturated heterocycles. The normalized spacial score (nSPS) is 16.8. The number of hydrogen-bond donors (Lipinski definition) is 1. The maximum Gasteiger partial charge on any atom is 0.261 e. The molecule has 1 aliphatic heterocycles. The largest absolute Gasteiger partial charge is 0.310 e. The number of carbonyl (C=O) groups excluding carboxylic acids is 1. The lowest BCUT2D eigenvalue weighted by atomic mass is 10.1. The summed E-state index contributed by atoms with van der Waals surface area (Å²) in [5.74, 6) is -0.0869. The van der Waals surface area contributed by atoms with E-state index in [0.29, 0.717) is 17.9 Å². The molecule has 7 heteroatoms. The van der Waals surface area contributed by atoms with Crippen molar-refractivity contribution in [3.05, 3.63) is 47.0 Å². The molecule has 0 aliphatic carbocycles. The Labute approximate surface area is 165 Å². The molecule has 0 spiro atoms. The molecule has 3 rings (SSSR count). The molecule has 144 valence electrons. The van der Waals surface area contributed by atoms with Gasteiger partial charge in [0.1, 0.15) is 0 Å². The summed E-state index contributed by atoms with van der Waals surface area (Å²) in [6, 6.07) is 8.88. The number of benzene rings is 2. The fourth-order valence-electron chi connectivity index (χ4n) is 3.42. The summed E-state index contributed by atoms with van der Waals surface area (Å²) in [5.41, 5.74) is 4.10. The number of nitrogens with zero attached hydrogens (tertiary/aromatic N) is 1. The second-order valence-electron chi connectivity index (χ2n) is 7.07. The van der Waals surface area contributed by atoms with Gasteiger partial charge >= 0.3 is 0 Å². The van der Waals surface area contributed by atoms with Crippen LogP contribution in [0.4, 0.5) is 11.4 Å². The molecule has 0 fully saturated rings. The van der Waals surface area contributed by atoms with Crippen molar-refractivity contribution in [2.24, 2.45) is 0 Å². The zero-order valence-corrected chi connectivity index (χ0v) is 17.8. The third-order valence-corrected chi connectivity index (χ3v) is 7.09. The quantitative estimate of drug-likeness (QED) is 0.830. The summed E-state index contributed by atoms with van der Waals surface area (Å²) in [6.07, 6.45) is 0. The molecule has 0 aromatic heterocycles. The average molecular weight is 405 g/mol. The highest BCUT2D eigenvalue weighted by molar-refractivity contribution is 8.00. The van der Waals surface area contributed by atoms with E-state index in [-0.39, 0.29) is 16.1 Å². The lowest BCUT2D eigenvalue weighted by Gasteiger charge is -2.32. The molecule has 2 aromatic rings. The Morgan fingerprint density at radius 1 is 1.15 bits per heavy atom. The minimum atomic E-state index is -3.76. The first-order chi connectivity index (χ1) is 12.6. The fraction of sp³-hybridized carbons (Fsp3) is 0.350. The van der Waals surface area contributed by atoms with Crippen molar-refractivity contribution in [3.63, 3.8) is 0 Å². The first-order valence-corrected chi connectivity index (χ1v) is 11.1. The van der Waals surface area contributed by atoms with Gasteiger partial charge in [-0.05, 0) is 50.1 Å². The minimum absolute atomic E-state index is 0.0869. The molecule has 27 heavy (non-hydrogen) atoms. The van der Waals surface area contributed by atoms with Gasteiger partial charge in [0.25, 0.3) is 10.0 Å². The summed E-state index contributed by atoms with van der Waals surface area (Å²) in [4.78, 5) is 14.8. The molecule has 1 amide bonds. The molecule has 0 radical (unpaired) electrons. The second kappa shape index (κ2) is 7.20. The Balaban J connectivity index is 2.02. The van der Waals surface area contributed by atoms with Crippen molar-refractivity contribution < 1.29 is 13.2 Å². The number of carbonyl (C=O) groups is 1. The van der Waals surface area contributed by atoms with Crippen molar-refractivity contribution in [2.45, 2.75) is 49.7 Å². The molecule has 0 saturated carbocycles. The number of fused-ring (bicyclic) bond motifs is 1. The number of nitrogens with one attached hydrogen (secondary N) is 1. The number of thioether (sulfide) groups is 1. The van der Waals surface area contributed by atoms with Gasteiger partial charge in [-0.3, -0.25) is 9.52 Å². The number of rotatable bonds is 3. The van der Waals surface area contributed by atoms with E-state index in [1.54, 1.807) is 34.9 Å². The number of sulfonamides is 1. The smallest absolute Gasteiger partial charge is 0.261 e. The van der Waals surface area contributed by atoms with Gasteiger partial charge in [-0.25, -0.2) is 8.42 Å². The summed E-state index contributed by atoms with van der Waals surface area (Å²) >= 11 is 1.65. The van der Waals surface area contributed by atoms with Gasteiger partial charge in [0.05, 0.1) is 16.3 Å². The van der Waals surface area contributed by atoms with E-state index in [4.69, 9.17) is 0 Å². The highest BCUT2D eigenvalue weighted by atomic mass is 32.2. The first kappa shape index (κ1) is 19.8. The van der Waals surface area contributed by atoms with Crippen LogP contribution in [0.15, 0.2) is 40.1 Å². The molecule has 0 bridgehead atoms. The van der Waals surface area contributed by atoms with E-state index < -0.39 is 10.0 Å². The number of amides is 1. The SMILES string of the molecule is CC(=O)N1CC(C)Sc2ccc(S(=O)(=O)Nc3c(C)cc(C)cc3C)cc21. The Morgan fingerprint density at radius 2 is 1.78 bits per heavy atom. The Kier molecular flexibility index (Phi) is 5.27. The number of aryl methyl sites for hydroxylation is 3. The highest BCUT2D eigenvalue weighted by Crippen LogP contribution is 2.40. The number of hydrogen-bond acceptors (Lipinski definition) is 4. The van der Waals surface area contributed by atoms with E-state index in [9.17, 15) is 13.2 Å². The lowest BCUT2D eigenvalue weighted by Crippen LogP contribution is -2.37. The second-order valence-corrected chi connectivity index (χ2v) is 10.2. The summed E-state index contributed by atoms with van der Waals surface area (Å²) < 4.78 is 28.7. The molecule has 2 aromatic carbocycles. The van der Waals surface area contributed by atoms with E-state index >= 15 is 0 Å². The van der Waals surface area contributed by atoms with Gasteiger partial charge in [0.2, 0.25) is 5.91 Å². The van der Waals surface area contributed by atoms with Crippen molar-refractivity contribution in [1.29, 1.82) is 0 Å². The molecule has 1 unspecified atom stereocenters. The fourth-order valence-corrected chi connectivity index (χ4v) is 5.73. The van der Waals surface area contributed by atoms with E-state index in [1.807, 2.05) is 32.9 Å². The van der Waals surface area contributed by atoms with Crippen LogP contribution in [0.25, 0.3) is 0 Å². The van der Waals surface area contributed by atoms with Crippen molar-refractivity contribution >= 4 is 39.1 Å². The molecule has 1 atom stereocenters. The van der Waals surface area contributed by atoms with Gasteiger partial charge in [0.15, 0.2) is 0 Å². The summed E-state index contributed by atoms with van der Waals surface area (Å²) in [5, 5.41) is 0.264. The maximum absolute atomic E-state index is 13.0. The van der Waals surface area contributed by atoms with E-state index in [2.05, 4.69) is 11.6 Å². The molecule has 1 heterocycles. The molecule has 1 N–H and O–H groups in total. The third kappa shape index (κ3) is 3.99. The van der Waals surface area contributed by atoms with Crippen molar-refractivity contribution in [3.8, 4) is 0 Å². The zero-order chi connectivity index (χ0) is 19.9. The van der Waals surface area contributed by atoms with Crippen LogP contribution in [0.3, 0.4) is 0 Å². The molecular formula is C20H24N2O3S2. The Morgan fingerprint density at radius 3 is 2.37 bits per heavy atom. The molecular weight excluding hydrogens is 380 g/mol. The van der Waals surface area contributed by atoms with Gasteiger partial charge in [-0.1, -0.05) is 24.6 Å². The van der Waals surface area contributed by atoms with Gasteiger partial charge in [0, 0.05) is 23.6 Å². The van der Waals surface area contributed by atoms with Crippen LogP contribution < -0.4 is 9.62 Å². The van der Waals surface area contributed by atoms with Crippen LogP contribution in [0.2, 0.25) is 0 Å². The maximum atomic E-state index is 13.0. The Bertz CT molecular complexity index is 993. The standard InChI is InChI=1S/C20H24N2O3S2/c1-12-8-13(2)20(14(3)9-12)21-27(24,25)17-6-7-19-18(10-17)22(16(5)23)11-15(4)26-19/h6-10,15,21H,11H2,1-5H3. The third-order valence-electron chi connectivity index (χ3n) is 4.59. The Hall–Kier alpha value is -1.99. The molecule has 5 nitrogen and oxygen atoms in total. The van der Waals surface area contributed by atoms with Crippen LogP contribution >= 0.6 is 11.8 Å². The number of anilines is 2. The van der Waals surface area contributed by atoms with Crippen molar-refractivity contribution in [1.82, 2.24) is 0 Å². The monoisotopic (exact) mass is 404 g/mol. The van der Waals surface area contributed by atoms with Gasteiger partial charge < -0.3 is 4.90 Å². The van der Waals surface area contributed by atoms with Crippen molar-refractivity contribution in [2.75, 3.05) is 16.2 Å². The predicted octanol–water partition coefficient (Wildman–Crippen LogP) is 4.26. The lowest BCUT2D eigenvalue weighted by molar-refractivity contribution is -0.116. The van der Waals surface area contributed by atoms with Gasteiger partial charge in [-0.15, -0.1) is 11.8 Å². The van der Waals surface area contributed by atoms with Crippen LogP contribution in [0, 0.1) is 20.8 Å². The summed E-state index contributed by atoms with van der Waals surface area (Å²) in [7, 11) is -3.76. The van der Waals surface area contributed by atoms with Crippen LogP contribution in [-0.2, 0) is 14.8 Å². The molecule has 1 aliphatic rings. The van der Waals surface area contributed by atoms with Crippen LogP contribution in [0.1, 0.15) is 30.5 Å².